The fraction of sp³-hybridized carbons (Fsp3) is 0.650. The lowest BCUT2D eigenvalue weighted by atomic mass is 9.84. The first kappa shape index (κ1) is 22.4. The number of likely N-dealkylation sites (tertiary alicyclic amines) is 1. The zero-order valence-corrected chi connectivity index (χ0v) is 18.6. The Bertz CT molecular complexity index is 764. The maximum atomic E-state index is 12.6. The quantitative estimate of drug-likeness (QED) is 0.589. The smallest absolute Gasteiger partial charge is 0.436 e. The Hall–Kier alpha value is -1.93. The molecule has 3 N–H and O–H groups in total. The molecule has 1 aromatic rings. The van der Waals surface area contributed by atoms with Crippen molar-refractivity contribution in [2.45, 2.75) is 72.2 Å². The Morgan fingerprint density at radius 2 is 2.07 bits per heavy atom. The molecule has 2 amide bonds. The van der Waals surface area contributed by atoms with Crippen molar-refractivity contribution in [1.82, 2.24) is 10.2 Å². The summed E-state index contributed by atoms with van der Waals surface area (Å²) in [6.07, 6.45) is 0.119. The van der Waals surface area contributed by atoms with Crippen LogP contribution in [0.3, 0.4) is 0 Å². The van der Waals surface area contributed by atoms with E-state index in [0.29, 0.717) is 18.2 Å². The van der Waals surface area contributed by atoms with Gasteiger partial charge in [-0.15, -0.1) is 11.3 Å². The van der Waals surface area contributed by atoms with Crippen LogP contribution in [0, 0.1) is 5.41 Å². The number of hydrogen-bond donors (Lipinski definition) is 2. The molecule has 2 atom stereocenters. The molecule has 1 saturated heterocycles. The monoisotopic (exact) mass is 408 g/mol. The summed E-state index contributed by atoms with van der Waals surface area (Å²) in [5.41, 5.74) is 6.04. The van der Waals surface area contributed by atoms with Gasteiger partial charge < -0.3 is 15.8 Å². The van der Waals surface area contributed by atoms with Gasteiger partial charge in [-0.2, -0.15) is 4.99 Å². The Kier molecular flexibility index (Phi) is 6.55. The summed E-state index contributed by atoms with van der Waals surface area (Å²) in [4.78, 5) is 31.3. The van der Waals surface area contributed by atoms with Crippen LogP contribution >= 0.6 is 11.3 Å². The van der Waals surface area contributed by atoms with Gasteiger partial charge in [-0.05, 0) is 52.6 Å². The Morgan fingerprint density at radius 3 is 2.61 bits per heavy atom. The van der Waals surface area contributed by atoms with Gasteiger partial charge in [0.25, 0.3) is 0 Å². The summed E-state index contributed by atoms with van der Waals surface area (Å²) in [6, 6.07) is 2.06. The van der Waals surface area contributed by atoms with Crippen LogP contribution in [0.5, 0.6) is 0 Å². The van der Waals surface area contributed by atoms with Crippen LogP contribution in [0.2, 0.25) is 0 Å². The van der Waals surface area contributed by atoms with E-state index in [0.717, 1.165) is 11.3 Å². The van der Waals surface area contributed by atoms with Crippen LogP contribution in [-0.2, 0) is 16.1 Å². The van der Waals surface area contributed by atoms with Crippen molar-refractivity contribution >= 4 is 29.2 Å². The predicted molar refractivity (Wildman–Crippen MR) is 113 cm³/mol. The molecule has 1 aliphatic rings. The molecule has 0 saturated carbocycles. The number of carbonyl (C=O) groups is 2. The van der Waals surface area contributed by atoms with Gasteiger partial charge >= 0.3 is 6.09 Å². The van der Waals surface area contributed by atoms with Crippen LogP contribution in [0.4, 0.5) is 4.79 Å². The number of hydrogen-bond acceptors (Lipinski definition) is 5. The molecule has 1 fully saturated rings. The Morgan fingerprint density at radius 1 is 1.43 bits per heavy atom. The molecule has 1 aromatic heterocycles. The Labute approximate surface area is 171 Å². The molecule has 0 aliphatic carbocycles. The van der Waals surface area contributed by atoms with Gasteiger partial charge in [0.15, 0.2) is 0 Å². The number of nitrogens with two attached hydrogens (primary N) is 1. The second kappa shape index (κ2) is 8.21. The number of rotatable bonds is 4. The average molecular weight is 409 g/mol. The van der Waals surface area contributed by atoms with Crippen LogP contribution in [0.1, 0.15) is 58.4 Å². The zero-order chi connectivity index (χ0) is 21.3. The Balaban J connectivity index is 1.94. The number of ether oxygens (including phenoxy) is 1. The highest BCUT2D eigenvalue weighted by Gasteiger charge is 2.44. The molecule has 2 rings (SSSR count). The van der Waals surface area contributed by atoms with Gasteiger partial charge in [0, 0.05) is 21.9 Å². The van der Waals surface area contributed by atoms with Crippen LogP contribution in [0.15, 0.2) is 16.4 Å². The lowest BCUT2D eigenvalue weighted by Gasteiger charge is -2.27. The molecule has 0 spiro atoms. The third-order valence-corrected chi connectivity index (χ3v) is 6.18. The van der Waals surface area contributed by atoms with Crippen molar-refractivity contribution in [2.24, 2.45) is 16.1 Å². The number of amides is 2. The number of nitrogens with one attached hydrogen (secondary N) is 1. The molecule has 2 unspecified atom stereocenters. The SMILES string of the molecule is CC1N(C)C(C(=O)NCc2cc(/C(N)=N/C(=O)OC(C)(C)C)cs2)CC1(C)C. The van der Waals surface area contributed by atoms with Crippen molar-refractivity contribution in [2.75, 3.05) is 7.05 Å². The summed E-state index contributed by atoms with van der Waals surface area (Å²) in [7, 11) is 2.00. The minimum absolute atomic E-state index is 0.0327. The van der Waals surface area contributed by atoms with Crippen molar-refractivity contribution in [3.05, 3.63) is 21.9 Å². The highest BCUT2D eigenvalue weighted by Crippen LogP contribution is 2.38. The van der Waals surface area contributed by atoms with Crippen molar-refractivity contribution < 1.29 is 14.3 Å². The second-order valence-corrected chi connectivity index (χ2v) is 10.0. The van der Waals surface area contributed by atoms with Crippen LogP contribution in [0.25, 0.3) is 0 Å². The van der Waals surface area contributed by atoms with E-state index in [2.05, 4.69) is 36.0 Å². The number of carbonyl (C=O) groups excluding carboxylic acids is 2. The van der Waals surface area contributed by atoms with E-state index < -0.39 is 11.7 Å². The topological polar surface area (TPSA) is 97.0 Å². The third kappa shape index (κ3) is 5.54. The molecule has 1 aliphatic heterocycles. The van der Waals surface area contributed by atoms with Crippen LogP contribution in [-0.4, -0.2) is 47.5 Å². The minimum atomic E-state index is -0.716. The molecule has 156 valence electrons. The van der Waals surface area contributed by atoms with Crippen molar-refractivity contribution in [3.8, 4) is 0 Å². The predicted octanol–water partition coefficient (Wildman–Crippen LogP) is 3.12. The van der Waals surface area contributed by atoms with E-state index in [4.69, 9.17) is 10.5 Å². The molecule has 28 heavy (non-hydrogen) atoms. The average Bonchev–Trinajstić information content (AvgIpc) is 3.10. The highest BCUT2D eigenvalue weighted by atomic mass is 32.1. The molecule has 0 bridgehead atoms. The number of likely N-dealkylation sites (N-methyl/N-ethyl adjacent to an activating group) is 1. The fourth-order valence-electron chi connectivity index (χ4n) is 3.26. The lowest BCUT2D eigenvalue weighted by molar-refractivity contribution is -0.125. The fourth-order valence-corrected chi connectivity index (χ4v) is 4.08. The van der Waals surface area contributed by atoms with Gasteiger partial charge in [-0.25, -0.2) is 4.79 Å². The largest absolute Gasteiger partial charge is 0.442 e. The minimum Gasteiger partial charge on any atom is -0.442 e. The summed E-state index contributed by atoms with van der Waals surface area (Å²) in [5, 5.41) is 4.83. The normalized spacial score (nSPS) is 22.9. The van der Waals surface area contributed by atoms with Gasteiger partial charge in [0.05, 0.1) is 12.6 Å². The molecular formula is C20H32N4O3S. The number of thiophene rings is 1. The lowest BCUT2D eigenvalue weighted by Crippen LogP contribution is -2.43. The summed E-state index contributed by atoms with van der Waals surface area (Å²) in [6.45, 7) is 12.3. The summed E-state index contributed by atoms with van der Waals surface area (Å²) < 4.78 is 5.14. The standard InChI is InChI=1S/C20H32N4O3S/c1-12-20(5,6)9-15(24(12)7)17(25)22-10-14-8-13(11-28-14)16(21)23-18(26)27-19(2,3)4/h8,11-12,15H,9-10H2,1-7H3,(H,22,25)(H2,21,23,26). The highest BCUT2D eigenvalue weighted by molar-refractivity contribution is 7.10. The van der Waals surface area contributed by atoms with E-state index in [9.17, 15) is 9.59 Å². The van der Waals surface area contributed by atoms with E-state index in [1.54, 1.807) is 20.8 Å². The second-order valence-electron chi connectivity index (χ2n) is 9.05. The van der Waals surface area contributed by atoms with Gasteiger partial charge in [0.2, 0.25) is 5.91 Å². The molecular weight excluding hydrogens is 376 g/mol. The number of aliphatic imine (C=N–C) groups is 1. The number of nitrogens with zero attached hydrogens (tertiary/aromatic N) is 2. The zero-order valence-electron chi connectivity index (χ0n) is 17.8. The van der Waals surface area contributed by atoms with Gasteiger partial charge in [-0.3, -0.25) is 9.69 Å². The van der Waals surface area contributed by atoms with Gasteiger partial charge in [0.1, 0.15) is 11.4 Å². The maximum Gasteiger partial charge on any atom is 0.436 e. The summed E-state index contributed by atoms with van der Waals surface area (Å²) >= 11 is 1.46. The van der Waals surface area contributed by atoms with Crippen molar-refractivity contribution in [3.63, 3.8) is 0 Å². The molecule has 0 aromatic carbocycles. The maximum absolute atomic E-state index is 12.6. The first-order chi connectivity index (χ1) is 12.8. The van der Waals surface area contributed by atoms with E-state index in [1.807, 2.05) is 18.5 Å². The van der Waals surface area contributed by atoms with E-state index >= 15 is 0 Å². The number of amidine groups is 1. The third-order valence-electron chi connectivity index (χ3n) is 5.25. The van der Waals surface area contributed by atoms with Crippen LogP contribution < -0.4 is 11.1 Å². The molecule has 2 heterocycles. The summed E-state index contributed by atoms with van der Waals surface area (Å²) in [5.74, 6) is 0.138. The van der Waals surface area contributed by atoms with E-state index in [-0.39, 0.29) is 23.2 Å². The first-order valence-electron chi connectivity index (χ1n) is 9.45. The molecule has 0 radical (unpaired) electrons. The van der Waals surface area contributed by atoms with Gasteiger partial charge in [-0.1, -0.05) is 13.8 Å². The van der Waals surface area contributed by atoms with Crippen molar-refractivity contribution in [1.29, 1.82) is 0 Å². The first-order valence-corrected chi connectivity index (χ1v) is 10.3. The molecule has 7 nitrogen and oxygen atoms in total. The molecule has 8 heteroatoms. The van der Waals surface area contributed by atoms with E-state index in [1.165, 1.54) is 11.3 Å².